The summed E-state index contributed by atoms with van der Waals surface area (Å²) >= 11 is 0. The van der Waals surface area contributed by atoms with E-state index in [1.54, 1.807) is 0 Å². The van der Waals surface area contributed by atoms with Gasteiger partial charge in [0, 0.05) is 19.5 Å². The molecule has 0 amide bonds. The average Bonchev–Trinajstić information content (AvgIpc) is 0. The van der Waals surface area contributed by atoms with Crippen LogP contribution in [0.15, 0.2) is 0 Å². The van der Waals surface area contributed by atoms with E-state index in [9.17, 15) is 0 Å². The first kappa shape index (κ1) is 1050. The van der Waals surface area contributed by atoms with Gasteiger partial charge in [0.05, 0.1) is 0 Å². The quantitative estimate of drug-likeness (QED) is 0.341. The van der Waals surface area contributed by atoms with Gasteiger partial charge in [0.2, 0.25) is 0 Å². The summed E-state index contributed by atoms with van der Waals surface area (Å²) in [6.07, 6.45) is 0. The van der Waals surface area contributed by atoms with Crippen LogP contribution in [0.1, 0.15) is 0 Å². The third-order valence-electron chi connectivity index (χ3n) is 0. The summed E-state index contributed by atoms with van der Waals surface area (Å²) in [6.45, 7) is 0. The van der Waals surface area contributed by atoms with Gasteiger partial charge in [-0.3, -0.25) is 0 Å². The minimum atomic E-state index is 0. The molecule has 0 bridgehead atoms. The second-order valence-corrected chi connectivity index (χ2v) is 0. The average molecular weight is 191 g/mol. The van der Waals surface area contributed by atoms with Crippen LogP contribution >= 0.6 is 0 Å². The molecule has 0 aliphatic heterocycles. The number of hydrogen-bond acceptors (Lipinski definition) is 0. The van der Waals surface area contributed by atoms with E-state index >= 15 is 0 Å². The van der Waals surface area contributed by atoms with Crippen molar-refractivity contribution in [3.8, 4) is 0 Å². The van der Waals surface area contributed by atoms with Crippen molar-refractivity contribution in [2.75, 3.05) is 0 Å². The molecule has 6 heavy (non-hydrogen) atoms. The van der Waals surface area contributed by atoms with Crippen molar-refractivity contribution in [1.29, 1.82) is 0 Å². The van der Waals surface area contributed by atoms with Crippen LogP contribution in [0.4, 0.5) is 0 Å². The Hall–Kier alpha value is 0.423. The van der Waals surface area contributed by atoms with Crippen LogP contribution in [0.3, 0.4) is 0 Å². The molecule has 0 heterocycles. The summed E-state index contributed by atoms with van der Waals surface area (Å²) in [6, 6.07) is 0. The van der Waals surface area contributed by atoms with Gasteiger partial charge in [-0.25, -0.2) is 0 Å². The van der Waals surface area contributed by atoms with Crippen molar-refractivity contribution in [2.45, 2.75) is 0 Å². The van der Waals surface area contributed by atoms with Gasteiger partial charge in [-0.2, -0.15) is 0 Å². The van der Waals surface area contributed by atoms with E-state index in [2.05, 4.69) is 0 Å². The van der Waals surface area contributed by atoms with Gasteiger partial charge in [-0.1, -0.05) is 0 Å². The van der Waals surface area contributed by atoms with Crippen molar-refractivity contribution in [3.63, 3.8) is 0 Å². The fourth-order valence-electron chi connectivity index (χ4n) is 0. The van der Waals surface area contributed by atoms with Gasteiger partial charge in [0.25, 0.3) is 0 Å². The van der Waals surface area contributed by atoms with Gasteiger partial charge in [0.1, 0.15) is 0 Å². The van der Waals surface area contributed by atoms with Crippen LogP contribution in [-0.2, 0) is 19.5 Å². The molecule has 0 fully saturated rings. The molecule has 0 unspecified atom stereocenters. The SMILES string of the molecule is O.O.O.O.O.[Ru]. The number of hydrogen-bond donors (Lipinski definition) is 0. The van der Waals surface area contributed by atoms with E-state index in [0.29, 0.717) is 0 Å². The summed E-state index contributed by atoms with van der Waals surface area (Å²) in [5.74, 6) is 0. The van der Waals surface area contributed by atoms with E-state index < -0.39 is 0 Å². The Kier molecular flexibility index (Phi) is 104000. The van der Waals surface area contributed by atoms with Crippen LogP contribution in [0, 0.1) is 0 Å². The van der Waals surface area contributed by atoms with Crippen LogP contribution < -0.4 is 0 Å². The molecular formula is H10O5Ru. The molecule has 0 aliphatic rings. The Bertz CT molecular complexity index is 3.90. The van der Waals surface area contributed by atoms with Crippen LogP contribution in [0.2, 0.25) is 0 Å². The molecule has 0 aromatic rings. The Morgan fingerprint density at radius 3 is 0.333 bits per heavy atom. The summed E-state index contributed by atoms with van der Waals surface area (Å²) in [5.41, 5.74) is 0. The van der Waals surface area contributed by atoms with Gasteiger partial charge >= 0.3 is 0 Å². The molecule has 0 saturated carbocycles. The standard InChI is InChI=1S/5H2O.Ru/h5*1H2;. The molecule has 0 radical (unpaired) electrons. The number of rotatable bonds is 0. The van der Waals surface area contributed by atoms with E-state index in [1.807, 2.05) is 0 Å². The van der Waals surface area contributed by atoms with Gasteiger partial charge < -0.3 is 27.4 Å². The maximum absolute atomic E-state index is 0. The van der Waals surface area contributed by atoms with Crippen LogP contribution in [0.25, 0.3) is 0 Å². The largest absolute Gasteiger partial charge is 0.412 e. The molecule has 0 aromatic carbocycles. The van der Waals surface area contributed by atoms with Crippen molar-refractivity contribution in [3.05, 3.63) is 0 Å². The van der Waals surface area contributed by atoms with Gasteiger partial charge in [-0.15, -0.1) is 0 Å². The maximum atomic E-state index is 0. The first-order valence-electron chi connectivity index (χ1n) is 0. The fraction of sp³-hybridized carbons (Fsp3) is 0. The third kappa shape index (κ3) is 289. The monoisotopic (exact) mass is 192 g/mol. The first-order valence-corrected chi connectivity index (χ1v) is 0. The van der Waals surface area contributed by atoms with Crippen molar-refractivity contribution in [1.82, 2.24) is 0 Å². The molecule has 48 valence electrons. The van der Waals surface area contributed by atoms with Gasteiger partial charge in [0.15, 0.2) is 0 Å². The predicted octanol–water partition coefficient (Wildman–Crippen LogP) is -4.13. The summed E-state index contributed by atoms with van der Waals surface area (Å²) in [5, 5.41) is 0. The first-order chi connectivity index (χ1) is 0. The Morgan fingerprint density at radius 2 is 0.333 bits per heavy atom. The summed E-state index contributed by atoms with van der Waals surface area (Å²) < 4.78 is 0. The van der Waals surface area contributed by atoms with Crippen molar-refractivity contribution < 1.29 is 46.9 Å². The second-order valence-electron chi connectivity index (χ2n) is 0. The minimum Gasteiger partial charge on any atom is -0.412 e. The molecule has 0 rings (SSSR count). The molecule has 0 atom stereocenters. The fourth-order valence-corrected chi connectivity index (χ4v) is 0. The van der Waals surface area contributed by atoms with Crippen LogP contribution in [0.5, 0.6) is 0 Å². The van der Waals surface area contributed by atoms with E-state index in [1.165, 1.54) is 0 Å². The van der Waals surface area contributed by atoms with E-state index in [-0.39, 0.29) is 46.9 Å². The molecule has 0 spiro atoms. The Morgan fingerprint density at radius 1 is 0.333 bits per heavy atom. The van der Waals surface area contributed by atoms with Crippen molar-refractivity contribution >= 4 is 0 Å². The maximum Gasteiger partial charge on any atom is 0 e. The van der Waals surface area contributed by atoms with E-state index in [4.69, 9.17) is 0 Å². The molecular weight excluding hydrogens is 181 g/mol. The zero-order chi connectivity index (χ0) is 0. The van der Waals surface area contributed by atoms with Gasteiger partial charge in [-0.05, 0) is 0 Å². The van der Waals surface area contributed by atoms with Crippen molar-refractivity contribution in [2.24, 2.45) is 0 Å². The smallest absolute Gasteiger partial charge is 0 e. The zero-order valence-electron chi connectivity index (χ0n) is 2.85. The Balaban J connectivity index is 0. The van der Waals surface area contributed by atoms with E-state index in [0.717, 1.165) is 0 Å². The molecule has 6 heteroatoms. The summed E-state index contributed by atoms with van der Waals surface area (Å²) in [4.78, 5) is 0. The third-order valence-corrected chi connectivity index (χ3v) is 0. The molecule has 5 nitrogen and oxygen atoms in total. The Labute approximate surface area is 47.7 Å². The predicted molar refractivity (Wildman–Crippen MR) is 18.1 cm³/mol. The zero-order valence-corrected chi connectivity index (χ0v) is 4.59. The minimum absolute atomic E-state index is 0. The van der Waals surface area contributed by atoms with Crippen LogP contribution in [-0.4, -0.2) is 27.4 Å². The normalized spacial score (nSPS) is 0. The molecule has 0 saturated heterocycles. The summed E-state index contributed by atoms with van der Waals surface area (Å²) in [7, 11) is 0. The molecule has 10 N–H and O–H groups in total. The molecule has 0 aromatic heterocycles. The molecule has 0 aliphatic carbocycles. The topological polar surface area (TPSA) is 158 Å². The second kappa shape index (κ2) is 592.